The van der Waals surface area contributed by atoms with Crippen LogP contribution in [0, 0.1) is 11.8 Å². The summed E-state index contributed by atoms with van der Waals surface area (Å²) in [6.07, 6.45) is 1.85. The minimum Gasteiger partial charge on any atom is -0.494 e. The quantitative estimate of drug-likeness (QED) is 0.504. The maximum absolute atomic E-state index is 13.8. The van der Waals surface area contributed by atoms with Crippen molar-refractivity contribution in [3.05, 3.63) is 24.3 Å². The molecule has 3 amide bonds. The number of amides is 3. The van der Waals surface area contributed by atoms with Gasteiger partial charge in [0.15, 0.2) is 0 Å². The van der Waals surface area contributed by atoms with E-state index in [0.717, 1.165) is 12.2 Å². The molecule has 3 aliphatic rings. The van der Waals surface area contributed by atoms with Gasteiger partial charge in [0.2, 0.25) is 17.7 Å². The second-order valence-electron chi connectivity index (χ2n) is 11.0. The van der Waals surface area contributed by atoms with Crippen molar-refractivity contribution in [2.45, 2.75) is 75.0 Å². The minimum absolute atomic E-state index is 0.0679. The van der Waals surface area contributed by atoms with Gasteiger partial charge < -0.3 is 25.4 Å². The van der Waals surface area contributed by atoms with Gasteiger partial charge in [-0.25, -0.2) is 0 Å². The largest absolute Gasteiger partial charge is 0.494 e. The molecule has 0 aromatic heterocycles. The molecule has 192 valence electrons. The van der Waals surface area contributed by atoms with E-state index in [1.807, 2.05) is 39.8 Å². The Balaban J connectivity index is 1.65. The molecule has 2 bridgehead atoms. The molecule has 3 heterocycles. The molecule has 3 saturated heterocycles. The summed E-state index contributed by atoms with van der Waals surface area (Å²) in [7, 11) is 0. The number of hydrogen-bond acceptors (Lipinski definition) is 6. The fourth-order valence-corrected chi connectivity index (χ4v) is 8.42. The Bertz CT molecular complexity index is 994. The number of carbonyl (C=O) groups is 3. The van der Waals surface area contributed by atoms with E-state index in [1.54, 1.807) is 28.8 Å². The number of aliphatic hydroxyl groups is 1. The van der Waals surface area contributed by atoms with Crippen molar-refractivity contribution in [3.63, 3.8) is 0 Å². The van der Waals surface area contributed by atoms with E-state index in [1.165, 1.54) is 0 Å². The van der Waals surface area contributed by atoms with E-state index >= 15 is 0 Å². The van der Waals surface area contributed by atoms with Gasteiger partial charge in [0.25, 0.3) is 0 Å². The molecule has 0 saturated carbocycles. The number of benzene rings is 1. The predicted octanol–water partition coefficient (Wildman–Crippen LogP) is 2.80. The fourth-order valence-electron chi connectivity index (χ4n) is 6.07. The van der Waals surface area contributed by atoms with E-state index in [-0.39, 0.29) is 24.3 Å². The average molecular weight is 504 g/mol. The van der Waals surface area contributed by atoms with Crippen molar-refractivity contribution < 1.29 is 24.2 Å². The first-order valence-corrected chi connectivity index (χ1v) is 13.2. The third-order valence-electron chi connectivity index (χ3n) is 7.30. The van der Waals surface area contributed by atoms with Crippen molar-refractivity contribution in [1.29, 1.82) is 0 Å². The summed E-state index contributed by atoms with van der Waals surface area (Å²) in [5.41, 5.74) is 0.195. The van der Waals surface area contributed by atoms with Gasteiger partial charge in [-0.2, -0.15) is 0 Å². The standard InChI is InChI=1S/C26H37N3O5S/c1-6-34-17-10-8-16(9-11-17)27-21(31)18-19-23(33)29(14-7-15-30)20(22(32)28-24(2,3)4)26(19)13-12-25(18,5)35-26/h8-11,18-20,30H,6-7,12-15H2,1-5H3,(H,27,31)(H,28,32)/t18-,19+,20?,25+,26?/m1/s1. The molecular formula is C26H37N3O5S. The van der Waals surface area contributed by atoms with Crippen molar-refractivity contribution in [3.8, 4) is 5.75 Å². The Kier molecular flexibility index (Phi) is 6.87. The minimum atomic E-state index is -0.666. The molecule has 9 heteroatoms. The zero-order valence-corrected chi connectivity index (χ0v) is 22.0. The number of nitrogens with one attached hydrogen (secondary N) is 2. The Morgan fingerprint density at radius 3 is 2.49 bits per heavy atom. The molecule has 1 spiro atoms. The highest BCUT2D eigenvalue weighted by molar-refractivity contribution is 8.02. The molecule has 3 N–H and O–H groups in total. The van der Waals surface area contributed by atoms with Crippen LogP contribution in [0.15, 0.2) is 24.3 Å². The van der Waals surface area contributed by atoms with Gasteiger partial charge >= 0.3 is 0 Å². The topological polar surface area (TPSA) is 108 Å². The van der Waals surface area contributed by atoms with E-state index in [4.69, 9.17) is 4.74 Å². The molecule has 4 rings (SSSR count). The van der Waals surface area contributed by atoms with Crippen LogP contribution in [0.1, 0.15) is 53.9 Å². The van der Waals surface area contributed by atoms with E-state index < -0.39 is 32.9 Å². The number of likely N-dealkylation sites (tertiary alicyclic amines) is 1. The first-order valence-electron chi connectivity index (χ1n) is 12.4. The van der Waals surface area contributed by atoms with Crippen molar-refractivity contribution in [1.82, 2.24) is 10.2 Å². The molecule has 0 radical (unpaired) electrons. The summed E-state index contributed by atoms with van der Waals surface area (Å²) in [6, 6.07) is 6.54. The average Bonchev–Trinajstić information content (AvgIpc) is 3.33. The number of rotatable bonds is 8. The van der Waals surface area contributed by atoms with Crippen LogP contribution >= 0.6 is 11.8 Å². The van der Waals surface area contributed by atoms with Crippen molar-refractivity contribution in [2.75, 3.05) is 25.1 Å². The number of hydrogen-bond donors (Lipinski definition) is 3. The summed E-state index contributed by atoms with van der Waals surface area (Å²) < 4.78 is 4.40. The highest BCUT2D eigenvalue weighted by Crippen LogP contribution is 2.71. The van der Waals surface area contributed by atoms with Crippen molar-refractivity contribution >= 4 is 35.2 Å². The molecule has 3 aliphatic heterocycles. The molecule has 1 aromatic rings. The van der Waals surface area contributed by atoms with Gasteiger partial charge in [-0.1, -0.05) is 0 Å². The Hall–Kier alpha value is -2.26. The SMILES string of the molecule is CCOc1ccc(NC(=O)[C@H]2[C@H]3C(=O)N(CCCO)C(C(=O)NC(C)(C)C)C34CC[C@]2(C)S4)cc1. The summed E-state index contributed by atoms with van der Waals surface area (Å²) in [5, 5.41) is 15.5. The van der Waals surface area contributed by atoms with Crippen LogP contribution in [0.2, 0.25) is 0 Å². The van der Waals surface area contributed by atoms with Crippen molar-refractivity contribution in [2.24, 2.45) is 11.8 Å². The van der Waals surface area contributed by atoms with Crippen LogP contribution in [-0.4, -0.2) is 68.6 Å². The normalized spacial score (nSPS) is 31.4. The zero-order chi connectivity index (χ0) is 25.6. The molecular weight excluding hydrogens is 466 g/mol. The third kappa shape index (κ3) is 4.53. The highest BCUT2D eigenvalue weighted by atomic mass is 32.2. The van der Waals surface area contributed by atoms with Gasteiger partial charge in [0, 0.05) is 29.1 Å². The molecule has 2 unspecified atom stereocenters. The number of anilines is 1. The molecule has 5 atom stereocenters. The van der Waals surface area contributed by atoms with Crippen LogP contribution in [0.3, 0.4) is 0 Å². The third-order valence-corrected chi connectivity index (χ3v) is 9.28. The summed E-state index contributed by atoms with van der Waals surface area (Å²) in [4.78, 5) is 42.7. The van der Waals surface area contributed by atoms with Gasteiger partial charge in [-0.3, -0.25) is 14.4 Å². The van der Waals surface area contributed by atoms with E-state index in [2.05, 4.69) is 17.6 Å². The predicted molar refractivity (Wildman–Crippen MR) is 136 cm³/mol. The number of thioether (sulfide) groups is 1. The van der Waals surface area contributed by atoms with Gasteiger partial charge in [0.05, 0.1) is 23.2 Å². The number of ether oxygens (including phenoxy) is 1. The molecule has 3 fully saturated rings. The number of fused-ring (bicyclic) bond motifs is 1. The number of aliphatic hydroxyl groups excluding tert-OH is 1. The first kappa shape index (κ1) is 25.8. The lowest BCUT2D eigenvalue weighted by atomic mass is 9.66. The summed E-state index contributed by atoms with van der Waals surface area (Å²) in [6.45, 7) is 10.5. The van der Waals surface area contributed by atoms with Gasteiger partial charge in [-0.05, 0) is 78.1 Å². The Morgan fingerprint density at radius 1 is 1.20 bits per heavy atom. The lowest BCUT2D eigenvalue weighted by Gasteiger charge is -2.36. The second-order valence-corrected chi connectivity index (χ2v) is 12.9. The first-order chi connectivity index (χ1) is 16.5. The lowest BCUT2D eigenvalue weighted by Crippen LogP contribution is -2.57. The van der Waals surface area contributed by atoms with E-state index in [9.17, 15) is 19.5 Å². The van der Waals surface area contributed by atoms with Crippen LogP contribution in [0.4, 0.5) is 5.69 Å². The van der Waals surface area contributed by atoms with Crippen LogP contribution < -0.4 is 15.4 Å². The molecule has 35 heavy (non-hydrogen) atoms. The number of carbonyl (C=O) groups excluding carboxylic acids is 3. The maximum Gasteiger partial charge on any atom is 0.244 e. The molecule has 8 nitrogen and oxygen atoms in total. The van der Waals surface area contributed by atoms with Crippen LogP contribution in [0.5, 0.6) is 5.75 Å². The summed E-state index contributed by atoms with van der Waals surface area (Å²) >= 11 is 1.64. The van der Waals surface area contributed by atoms with Gasteiger partial charge in [-0.15, -0.1) is 11.8 Å². The number of nitrogens with zero attached hydrogens (tertiary/aromatic N) is 1. The van der Waals surface area contributed by atoms with Gasteiger partial charge in [0.1, 0.15) is 11.8 Å². The zero-order valence-electron chi connectivity index (χ0n) is 21.2. The monoisotopic (exact) mass is 503 g/mol. The van der Waals surface area contributed by atoms with E-state index in [0.29, 0.717) is 31.7 Å². The lowest BCUT2D eigenvalue weighted by molar-refractivity contribution is -0.140. The maximum atomic E-state index is 13.8. The molecule has 1 aromatic carbocycles. The smallest absolute Gasteiger partial charge is 0.244 e. The van der Waals surface area contributed by atoms with Crippen LogP contribution in [-0.2, 0) is 14.4 Å². The summed E-state index contributed by atoms with van der Waals surface area (Å²) in [5.74, 6) is -0.938. The molecule has 0 aliphatic carbocycles. The van der Waals surface area contributed by atoms with Crippen LogP contribution in [0.25, 0.3) is 0 Å². The highest BCUT2D eigenvalue weighted by Gasteiger charge is 2.77. The fraction of sp³-hybridized carbons (Fsp3) is 0.654. The second kappa shape index (κ2) is 9.32. The Morgan fingerprint density at radius 2 is 1.89 bits per heavy atom. The Labute approximate surface area is 211 Å².